The van der Waals surface area contributed by atoms with Crippen LogP contribution in [0.4, 0.5) is 10.2 Å². The molecule has 0 aliphatic heterocycles. The molecule has 0 atom stereocenters. The van der Waals surface area contributed by atoms with Crippen LogP contribution < -0.4 is 4.90 Å². The molecule has 0 fully saturated rings. The first-order valence-corrected chi connectivity index (χ1v) is 5.51. The van der Waals surface area contributed by atoms with Crippen molar-refractivity contribution in [3.05, 3.63) is 46.8 Å². The second-order valence-electron chi connectivity index (χ2n) is 3.83. The van der Waals surface area contributed by atoms with E-state index < -0.39 is 5.82 Å². The average Bonchev–Trinajstić information content (AvgIpc) is 2.63. The summed E-state index contributed by atoms with van der Waals surface area (Å²) in [5.41, 5.74) is 0. The average molecular weight is 255 g/mol. The van der Waals surface area contributed by atoms with Crippen molar-refractivity contribution in [2.45, 2.75) is 13.5 Å². The maximum absolute atomic E-state index is 13.6. The van der Waals surface area contributed by atoms with Gasteiger partial charge in [0.05, 0.1) is 11.6 Å². The molecule has 0 N–H and O–H groups in total. The monoisotopic (exact) mass is 254 g/mol. The van der Waals surface area contributed by atoms with E-state index in [0.717, 1.165) is 11.5 Å². The standard InChI is InChI=1S/C12H12ClFN2O/c1-8-3-4-10(17-8)7-16(2)12-11(14)5-9(13)6-15-12/h3-6H,7H2,1-2H3. The quantitative estimate of drug-likeness (QED) is 0.841. The Morgan fingerprint density at radius 3 is 2.82 bits per heavy atom. The Balaban J connectivity index is 2.17. The van der Waals surface area contributed by atoms with E-state index in [1.54, 1.807) is 11.9 Å². The Bertz CT molecular complexity index is 527. The Morgan fingerprint density at radius 1 is 1.47 bits per heavy atom. The molecule has 2 rings (SSSR count). The number of hydrogen-bond acceptors (Lipinski definition) is 3. The Labute approximate surface area is 104 Å². The van der Waals surface area contributed by atoms with Gasteiger partial charge in [0.15, 0.2) is 11.6 Å². The molecule has 2 heterocycles. The van der Waals surface area contributed by atoms with E-state index in [1.807, 2.05) is 19.1 Å². The number of aromatic nitrogens is 1. The lowest BCUT2D eigenvalue weighted by atomic mass is 10.3. The number of furan rings is 1. The number of rotatable bonds is 3. The third kappa shape index (κ3) is 2.77. The van der Waals surface area contributed by atoms with Gasteiger partial charge in [0.2, 0.25) is 0 Å². The van der Waals surface area contributed by atoms with Gasteiger partial charge in [0, 0.05) is 13.2 Å². The summed E-state index contributed by atoms with van der Waals surface area (Å²) in [6.07, 6.45) is 1.42. The fourth-order valence-electron chi connectivity index (χ4n) is 1.57. The van der Waals surface area contributed by atoms with Crippen molar-refractivity contribution in [3.8, 4) is 0 Å². The smallest absolute Gasteiger partial charge is 0.167 e. The summed E-state index contributed by atoms with van der Waals surface area (Å²) in [4.78, 5) is 5.63. The Morgan fingerprint density at radius 2 is 2.24 bits per heavy atom. The molecule has 0 aromatic carbocycles. The van der Waals surface area contributed by atoms with Crippen LogP contribution in [0.15, 0.2) is 28.8 Å². The van der Waals surface area contributed by atoms with Crippen LogP contribution in [0.2, 0.25) is 5.02 Å². The maximum atomic E-state index is 13.6. The van der Waals surface area contributed by atoms with Gasteiger partial charge in [-0.3, -0.25) is 0 Å². The molecule has 3 nitrogen and oxygen atoms in total. The SMILES string of the molecule is Cc1ccc(CN(C)c2ncc(Cl)cc2F)o1. The van der Waals surface area contributed by atoms with Gasteiger partial charge in [-0.1, -0.05) is 11.6 Å². The van der Waals surface area contributed by atoms with Gasteiger partial charge in [0.25, 0.3) is 0 Å². The molecule has 0 spiro atoms. The highest BCUT2D eigenvalue weighted by atomic mass is 35.5. The van der Waals surface area contributed by atoms with E-state index >= 15 is 0 Å². The normalized spacial score (nSPS) is 10.6. The Hall–Kier alpha value is -1.55. The van der Waals surface area contributed by atoms with Crippen LogP contribution in [0, 0.1) is 12.7 Å². The highest BCUT2D eigenvalue weighted by molar-refractivity contribution is 6.30. The van der Waals surface area contributed by atoms with Gasteiger partial charge in [-0.05, 0) is 25.1 Å². The minimum atomic E-state index is -0.441. The Kier molecular flexibility index (Phi) is 3.33. The van der Waals surface area contributed by atoms with E-state index in [2.05, 4.69) is 4.98 Å². The number of halogens is 2. The third-order valence-corrected chi connectivity index (χ3v) is 2.55. The molecule has 5 heteroatoms. The van der Waals surface area contributed by atoms with Crippen LogP contribution in [0.1, 0.15) is 11.5 Å². The number of pyridine rings is 1. The number of nitrogens with zero attached hydrogens (tertiary/aromatic N) is 2. The first-order valence-electron chi connectivity index (χ1n) is 5.14. The van der Waals surface area contributed by atoms with Crippen molar-refractivity contribution in [1.29, 1.82) is 0 Å². The highest BCUT2D eigenvalue weighted by Gasteiger charge is 2.11. The lowest BCUT2D eigenvalue weighted by Gasteiger charge is -2.17. The van der Waals surface area contributed by atoms with Crippen molar-refractivity contribution in [2.24, 2.45) is 0 Å². The second kappa shape index (κ2) is 4.75. The minimum Gasteiger partial charge on any atom is -0.464 e. The van der Waals surface area contributed by atoms with Crippen LogP contribution in [-0.4, -0.2) is 12.0 Å². The topological polar surface area (TPSA) is 29.3 Å². The van der Waals surface area contributed by atoms with Crippen molar-refractivity contribution < 1.29 is 8.81 Å². The van der Waals surface area contributed by atoms with Crippen molar-refractivity contribution in [2.75, 3.05) is 11.9 Å². The van der Waals surface area contributed by atoms with Crippen LogP contribution >= 0.6 is 11.6 Å². The van der Waals surface area contributed by atoms with Crippen LogP contribution in [0.3, 0.4) is 0 Å². The van der Waals surface area contributed by atoms with E-state index in [-0.39, 0.29) is 10.8 Å². The summed E-state index contributed by atoms with van der Waals surface area (Å²) >= 11 is 5.65. The summed E-state index contributed by atoms with van der Waals surface area (Å²) in [5, 5.41) is 0.286. The molecule has 0 radical (unpaired) electrons. The highest BCUT2D eigenvalue weighted by Crippen LogP contribution is 2.20. The zero-order valence-corrected chi connectivity index (χ0v) is 10.3. The summed E-state index contributed by atoms with van der Waals surface area (Å²) in [6.45, 7) is 2.32. The molecule has 2 aromatic rings. The summed E-state index contributed by atoms with van der Waals surface area (Å²) in [5.74, 6) is 1.41. The fourth-order valence-corrected chi connectivity index (χ4v) is 1.71. The van der Waals surface area contributed by atoms with Crippen LogP contribution in [0.5, 0.6) is 0 Å². The summed E-state index contributed by atoms with van der Waals surface area (Å²) in [6, 6.07) is 4.97. The molecule has 17 heavy (non-hydrogen) atoms. The summed E-state index contributed by atoms with van der Waals surface area (Å²) in [7, 11) is 1.75. The molecule has 0 aliphatic carbocycles. The minimum absolute atomic E-state index is 0.253. The lowest BCUT2D eigenvalue weighted by molar-refractivity contribution is 0.479. The van der Waals surface area contributed by atoms with Gasteiger partial charge >= 0.3 is 0 Å². The largest absolute Gasteiger partial charge is 0.464 e. The number of hydrogen-bond donors (Lipinski definition) is 0. The molecular formula is C12H12ClFN2O. The van der Waals surface area contributed by atoms with Crippen molar-refractivity contribution in [3.63, 3.8) is 0 Å². The molecule has 0 bridgehead atoms. The van der Waals surface area contributed by atoms with E-state index in [4.69, 9.17) is 16.0 Å². The lowest BCUT2D eigenvalue weighted by Crippen LogP contribution is -2.18. The molecule has 2 aromatic heterocycles. The number of anilines is 1. The first-order chi connectivity index (χ1) is 8.06. The van der Waals surface area contributed by atoms with Crippen molar-refractivity contribution in [1.82, 2.24) is 4.98 Å². The zero-order chi connectivity index (χ0) is 12.4. The summed E-state index contributed by atoms with van der Waals surface area (Å²) < 4.78 is 19.0. The molecule has 0 unspecified atom stereocenters. The van der Waals surface area contributed by atoms with Gasteiger partial charge in [0.1, 0.15) is 11.5 Å². The molecule has 0 amide bonds. The van der Waals surface area contributed by atoms with E-state index in [0.29, 0.717) is 6.54 Å². The first kappa shape index (κ1) is 11.9. The third-order valence-electron chi connectivity index (χ3n) is 2.34. The van der Waals surface area contributed by atoms with E-state index in [1.165, 1.54) is 12.3 Å². The van der Waals surface area contributed by atoms with E-state index in [9.17, 15) is 4.39 Å². The zero-order valence-electron chi connectivity index (χ0n) is 9.58. The predicted octanol–water partition coefficient (Wildman–Crippen LogP) is 3.41. The van der Waals surface area contributed by atoms with Crippen LogP contribution in [0.25, 0.3) is 0 Å². The number of aryl methyl sites for hydroxylation is 1. The molecular weight excluding hydrogens is 243 g/mol. The molecule has 90 valence electrons. The molecule has 0 saturated carbocycles. The second-order valence-corrected chi connectivity index (χ2v) is 4.26. The van der Waals surface area contributed by atoms with Gasteiger partial charge in [-0.25, -0.2) is 9.37 Å². The molecule has 0 saturated heterocycles. The van der Waals surface area contributed by atoms with Gasteiger partial charge in [-0.15, -0.1) is 0 Å². The molecule has 0 aliphatic rings. The van der Waals surface area contributed by atoms with Gasteiger partial charge < -0.3 is 9.32 Å². The van der Waals surface area contributed by atoms with Crippen LogP contribution in [-0.2, 0) is 6.54 Å². The fraction of sp³-hybridized carbons (Fsp3) is 0.250. The van der Waals surface area contributed by atoms with Gasteiger partial charge in [-0.2, -0.15) is 0 Å². The predicted molar refractivity (Wildman–Crippen MR) is 64.8 cm³/mol. The van der Waals surface area contributed by atoms with Crippen molar-refractivity contribution >= 4 is 17.4 Å². The maximum Gasteiger partial charge on any atom is 0.167 e.